The van der Waals surface area contributed by atoms with Gasteiger partial charge >= 0.3 is 5.97 Å². The summed E-state index contributed by atoms with van der Waals surface area (Å²) in [4.78, 5) is 100. The van der Waals surface area contributed by atoms with Gasteiger partial charge in [0.2, 0.25) is 29.2 Å². The molecule has 0 aliphatic heterocycles. The average Bonchev–Trinajstić information content (AvgIpc) is 3.55. The van der Waals surface area contributed by atoms with E-state index in [-0.39, 0.29) is 69.7 Å². The van der Waals surface area contributed by atoms with Gasteiger partial charge < -0.3 is 37.6 Å². The standard InChI is InChI=1S/C66H126N6O9S/c1-4-7-10-13-16-19-22-25-28-31-34-37-40-48-59(74)66(65(80)81,51-44-46-53-68)72(61(76)50-42-39-36-33-30-27-24-21-18-15-12-9-6-3)64(79)56(47-43-45-52-67)70-62(77)57(54-73)71-63(78)58(55-82)69-60(75)49-41-38-35-32-29-26-23-20-17-14-11-8-5-2/h56-58,73,82H,4-55,67-68H2,1-3H3,(H,69,75)(H,70,77)(H,71,78)(H,80,81)/t56-,57-,58-,66+/m0/s1. The Kier molecular flexibility index (Phi) is 53.7. The molecule has 0 aromatic rings. The summed E-state index contributed by atoms with van der Waals surface area (Å²) in [6, 6.07) is -4.26. The molecule has 0 heterocycles. The van der Waals surface area contributed by atoms with Crippen LogP contribution >= 0.6 is 12.6 Å². The second-order valence-corrected chi connectivity index (χ2v) is 24.1. The number of amides is 5. The maximum Gasteiger partial charge on any atom is 0.337 e. The van der Waals surface area contributed by atoms with Crippen LogP contribution in [0.4, 0.5) is 0 Å². The van der Waals surface area contributed by atoms with E-state index < -0.39 is 65.7 Å². The molecule has 9 N–H and O–H groups in total. The van der Waals surface area contributed by atoms with Gasteiger partial charge in [0, 0.05) is 25.0 Å². The van der Waals surface area contributed by atoms with Gasteiger partial charge in [0.1, 0.15) is 18.1 Å². The predicted octanol–water partition coefficient (Wildman–Crippen LogP) is 13.8. The summed E-state index contributed by atoms with van der Waals surface area (Å²) in [5, 5.41) is 29.7. The van der Waals surface area contributed by atoms with Gasteiger partial charge in [-0.15, -0.1) is 0 Å². The lowest BCUT2D eigenvalue weighted by atomic mass is 9.82. The minimum Gasteiger partial charge on any atom is -0.479 e. The zero-order valence-corrected chi connectivity index (χ0v) is 53.7. The molecule has 82 heavy (non-hydrogen) atoms. The van der Waals surface area contributed by atoms with Crippen molar-refractivity contribution in [1.82, 2.24) is 20.9 Å². The van der Waals surface area contributed by atoms with E-state index in [1.54, 1.807) is 0 Å². The maximum absolute atomic E-state index is 15.3. The Balaban J connectivity index is 6.30. The van der Waals surface area contributed by atoms with Crippen LogP contribution in [0.25, 0.3) is 0 Å². The number of carbonyl (C=O) groups excluding carboxylic acids is 6. The Bertz CT molecular complexity index is 1620. The van der Waals surface area contributed by atoms with Crippen LogP contribution in [0.15, 0.2) is 0 Å². The van der Waals surface area contributed by atoms with E-state index in [4.69, 9.17) is 11.5 Å². The summed E-state index contributed by atoms with van der Waals surface area (Å²) in [5.41, 5.74) is 9.21. The number of aliphatic hydroxyl groups is 1. The first kappa shape index (κ1) is 78.9. The molecule has 0 rings (SSSR count). The molecule has 5 amide bonds. The second-order valence-electron chi connectivity index (χ2n) is 23.8. The number of rotatable bonds is 61. The molecule has 16 heteroatoms. The van der Waals surface area contributed by atoms with E-state index >= 15 is 4.79 Å². The largest absolute Gasteiger partial charge is 0.479 e. The summed E-state index contributed by atoms with van der Waals surface area (Å²) >= 11 is 4.30. The van der Waals surface area contributed by atoms with Crippen molar-refractivity contribution in [1.29, 1.82) is 0 Å². The van der Waals surface area contributed by atoms with Gasteiger partial charge in [-0.2, -0.15) is 12.6 Å². The molecule has 0 spiro atoms. The van der Waals surface area contributed by atoms with Crippen molar-refractivity contribution < 1.29 is 43.8 Å². The van der Waals surface area contributed by atoms with Gasteiger partial charge in [0.25, 0.3) is 5.91 Å². The molecule has 0 aliphatic rings. The molecule has 0 aromatic carbocycles. The fourth-order valence-corrected chi connectivity index (χ4v) is 11.3. The lowest BCUT2D eigenvalue weighted by Gasteiger charge is -2.40. The topological polar surface area (TPSA) is 251 Å². The number of aliphatic hydroxyl groups excluding tert-OH is 1. The summed E-state index contributed by atoms with van der Waals surface area (Å²) < 4.78 is 0. The van der Waals surface area contributed by atoms with E-state index in [1.165, 1.54) is 148 Å². The molecule has 0 saturated heterocycles. The smallest absolute Gasteiger partial charge is 0.337 e. The third-order valence-electron chi connectivity index (χ3n) is 16.4. The molecule has 15 nitrogen and oxygen atoms in total. The number of carboxylic acids is 1. The first-order valence-electron chi connectivity index (χ1n) is 34.0. The monoisotopic (exact) mass is 1180 g/mol. The molecule has 0 aliphatic carbocycles. The molecule has 0 fully saturated rings. The molecule has 0 saturated carbocycles. The zero-order chi connectivity index (χ0) is 60.7. The number of hydrogen-bond acceptors (Lipinski definition) is 11. The number of nitrogens with two attached hydrogens (primary N) is 2. The SMILES string of the molecule is CCCCCCCCCCCCCCCC(=O)N[C@@H](CS)C(=O)N[C@@H](CO)C(=O)N[C@@H](CCCCN)C(=O)N(C(=O)CCCCCCCCCCCCCCC)[C@@](CCCCN)(C(=O)O)C(=O)CCCCCCCCCCCCCCC. The highest BCUT2D eigenvalue weighted by molar-refractivity contribution is 7.80. The highest BCUT2D eigenvalue weighted by Gasteiger charge is 2.55. The molecule has 0 aromatic heterocycles. The predicted molar refractivity (Wildman–Crippen MR) is 341 cm³/mol. The lowest BCUT2D eigenvalue weighted by molar-refractivity contribution is -0.172. The van der Waals surface area contributed by atoms with Crippen LogP contribution in [0.1, 0.15) is 329 Å². The molecule has 4 atom stereocenters. The van der Waals surface area contributed by atoms with Crippen LogP contribution in [0.2, 0.25) is 0 Å². The fraction of sp³-hybridized carbons (Fsp3) is 0.894. The Labute approximate surface area is 505 Å². The number of carbonyl (C=O) groups is 7. The summed E-state index contributed by atoms with van der Waals surface area (Å²) in [6.45, 7) is 6.24. The second kappa shape index (κ2) is 55.8. The number of nitrogens with one attached hydrogen (secondary N) is 3. The number of unbranched alkanes of at least 4 members (excludes halogenated alkanes) is 38. The highest BCUT2D eigenvalue weighted by Crippen LogP contribution is 2.31. The lowest BCUT2D eigenvalue weighted by Crippen LogP contribution is -2.67. The van der Waals surface area contributed by atoms with Crippen molar-refractivity contribution in [3.63, 3.8) is 0 Å². The number of hydrogen-bond donors (Lipinski definition) is 8. The number of imide groups is 1. The number of aliphatic carboxylic acids is 1. The highest BCUT2D eigenvalue weighted by atomic mass is 32.1. The van der Waals surface area contributed by atoms with Crippen LogP contribution < -0.4 is 27.4 Å². The molecule has 480 valence electrons. The Morgan fingerprint density at radius 2 is 0.768 bits per heavy atom. The first-order valence-corrected chi connectivity index (χ1v) is 34.6. The summed E-state index contributed by atoms with van der Waals surface area (Å²) in [5.74, 6) is -6.38. The number of thiol groups is 1. The normalized spacial score (nSPS) is 13.3. The van der Waals surface area contributed by atoms with E-state index in [1.807, 2.05) is 0 Å². The van der Waals surface area contributed by atoms with Gasteiger partial charge in [-0.3, -0.25) is 33.7 Å². The Hall–Kier alpha value is -3.08. The Morgan fingerprint density at radius 1 is 0.427 bits per heavy atom. The van der Waals surface area contributed by atoms with E-state index in [2.05, 4.69) is 49.4 Å². The zero-order valence-electron chi connectivity index (χ0n) is 52.8. The van der Waals surface area contributed by atoms with Crippen LogP contribution in [-0.4, -0.2) is 106 Å². The molecule has 0 bridgehead atoms. The van der Waals surface area contributed by atoms with E-state index in [0.717, 1.165) is 70.6 Å². The Morgan fingerprint density at radius 3 is 1.13 bits per heavy atom. The summed E-state index contributed by atoms with van der Waals surface area (Å²) in [7, 11) is 0. The minimum absolute atomic E-state index is 0.0730. The van der Waals surface area contributed by atoms with E-state index in [0.29, 0.717) is 49.8 Å². The van der Waals surface area contributed by atoms with Crippen molar-refractivity contribution >= 4 is 53.9 Å². The van der Waals surface area contributed by atoms with Crippen LogP contribution in [0.3, 0.4) is 0 Å². The number of Topliss-reactive ketones (excluding diaryl/α,β-unsaturated/α-hetero) is 1. The van der Waals surface area contributed by atoms with Crippen molar-refractivity contribution in [2.24, 2.45) is 11.5 Å². The minimum atomic E-state index is -2.57. The van der Waals surface area contributed by atoms with Gasteiger partial charge in [0.05, 0.1) is 6.61 Å². The van der Waals surface area contributed by atoms with Crippen molar-refractivity contribution in [2.45, 2.75) is 353 Å². The average molecular weight is 1180 g/mol. The van der Waals surface area contributed by atoms with Crippen LogP contribution in [0.5, 0.6) is 0 Å². The van der Waals surface area contributed by atoms with Crippen molar-refractivity contribution in [3.05, 3.63) is 0 Å². The number of ketones is 1. The van der Waals surface area contributed by atoms with Gasteiger partial charge in [0.15, 0.2) is 5.78 Å². The van der Waals surface area contributed by atoms with Gasteiger partial charge in [-0.1, -0.05) is 252 Å². The molecular formula is C66H126N6O9S. The molecule has 0 radical (unpaired) electrons. The van der Waals surface area contributed by atoms with Crippen molar-refractivity contribution in [3.8, 4) is 0 Å². The van der Waals surface area contributed by atoms with Gasteiger partial charge in [-0.05, 0) is 70.9 Å². The quantitative estimate of drug-likeness (QED) is 0.0162. The summed E-state index contributed by atoms with van der Waals surface area (Å²) in [6.07, 6.45) is 43.7. The fourth-order valence-electron chi connectivity index (χ4n) is 11.1. The third-order valence-corrected chi connectivity index (χ3v) is 16.7. The molecule has 0 unspecified atom stereocenters. The van der Waals surface area contributed by atoms with E-state index in [9.17, 15) is 39.0 Å². The first-order chi connectivity index (χ1) is 39.9. The van der Waals surface area contributed by atoms with Gasteiger partial charge in [-0.25, -0.2) is 4.79 Å². The maximum atomic E-state index is 15.3. The molecular weight excluding hydrogens is 1050 g/mol. The van der Waals surface area contributed by atoms with Crippen molar-refractivity contribution in [2.75, 3.05) is 25.4 Å². The van der Waals surface area contributed by atoms with Crippen LogP contribution in [0, 0.1) is 0 Å². The third kappa shape index (κ3) is 38.8. The number of carboxylic acid groups (broad SMARTS) is 1. The number of nitrogens with zero attached hydrogens (tertiary/aromatic N) is 1. The van der Waals surface area contributed by atoms with Crippen LogP contribution in [-0.2, 0) is 33.6 Å².